The smallest absolute Gasteiger partial charge is 0.179 e. The Morgan fingerprint density at radius 2 is 1.69 bits per heavy atom. The number of nitrogens with zero attached hydrogens (tertiary/aromatic N) is 1. The SMILES string of the molecule is COC[C@@H](Oc1ccc(C)c2nc(-c3sc4ccccc4c3C)cc(C(O)O)c12)c1ccccc1. The molecule has 5 nitrogen and oxygen atoms in total. The van der Waals surface area contributed by atoms with E-state index in [9.17, 15) is 10.2 Å². The van der Waals surface area contributed by atoms with Gasteiger partial charge in [0.2, 0.25) is 0 Å². The first-order valence-corrected chi connectivity index (χ1v) is 12.3. The van der Waals surface area contributed by atoms with E-state index in [2.05, 4.69) is 19.1 Å². The van der Waals surface area contributed by atoms with Crippen LogP contribution in [0.25, 0.3) is 31.6 Å². The molecule has 2 N–H and O–H groups in total. The van der Waals surface area contributed by atoms with Gasteiger partial charge in [-0.1, -0.05) is 54.6 Å². The normalized spacial score (nSPS) is 12.5. The topological polar surface area (TPSA) is 71.8 Å². The van der Waals surface area contributed by atoms with Crippen molar-refractivity contribution in [3.8, 4) is 16.3 Å². The van der Waals surface area contributed by atoms with Crippen LogP contribution in [0, 0.1) is 13.8 Å². The van der Waals surface area contributed by atoms with Gasteiger partial charge in [0, 0.05) is 17.4 Å². The summed E-state index contributed by atoms with van der Waals surface area (Å²) < 4.78 is 13.0. The minimum atomic E-state index is -1.68. The number of hydrogen-bond donors (Lipinski definition) is 2. The lowest BCUT2D eigenvalue weighted by atomic mass is 10.0. The third-order valence-electron chi connectivity index (χ3n) is 6.27. The minimum absolute atomic E-state index is 0.350. The van der Waals surface area contributed by atoms with Crippen molar-refractivity contribution in [2.24, 2.45) is 0 Å². The van der Waals surface area contributed by atoms with Crippen LogP contribution in [0.5, 0.6) is 5.75 Å². The average Bonchev–Trinajstić information content (AvgIpc) is 3.21. The molecule has 2 heterocycles. The summed E-state index contributed by atoms with van der Waals surface area (Å²) in [4.78, 5) is 6.02. The summed E-state index contributed by atoms with van der Waals surface area (Å²) in [7, 11) is 1.64. The first kappa shape index (κ1) is 23.5. The number of pyridine rings is 1. The second-order valence-corrected chi connectivity index (χ2v) is 9.65. The van der Waals surface area contributed by atoms with Crippen molar-refractivity contribution in [2.75, 3.05) is 13.7 Å². The molecule has 0 aliphatic heterocycles. The zero-order chi connectivity index (χ0) is 24.5. The molecular weight excluding hydrogens is 458 g/mol. The van der Waals surface area contributed by atoms with Crippen LogP contribution in [-0.4, -0.2) is 28.9 Å². The number of fused-ring (bicyclic) bond motifs is 2. The summed E-state index contributed by atoms with van der Waals surface area (Å²) in [5, 5.41) is 22.6. The molecule has 0 saturated heterocycles. The van der Waals surface area contributed by atoms with Crippen LogP contribution in [-0.2, 0) is 4.74 Å². The van der Waals surface area contributed by atoms with Gasteiger partial charge < -0.3 is 19.7 Å². The second-order valence-electron chi connectivity index (χ2n) is 8.60. The Labute approximate surface area is 208 Å². The lowest BCUT2D eigenvalue weighted by Gasteiger charge is -2.22. The number of rotatable bonds is 7. The molecule has 5 rings (SSSR count). The first-order chi connectivity index (χ1) is 17.0. The van der Waals surface area contributed by atoms with Crippen molar-refractivity contribution in [2.45, 2.75) is 26.2 Å². The summed E-state index contributed by atoms with van der Waals surface area (Å²) in [6.07, 6.45) is -2.05. The van der Waals surface area contributed by atoms with Crippen LogP contribution in [0.3, 0.4) is 0 Å². The number of thiophene rings is 1. The van der Waals surface area contributed by atoms with Crippen molar-refractivity contribution in [3.05, 3.63) is 95.1 Å². The van der Waals surface area contributed by atoms with E-state index in [1.807, 2.05) is 61.5 Å². The molecule has 0 unspecified atom stereocenters. The van der Waals surface area contributed by atoms with Crippen molar-refractivity contribution >= 4 is 32.3 Å². The number of ether oxygens (including phenoxy) is 2. The number of benzene rings is 3. The second kappa shape index (κ2) is 9.76. The van der Waals surface area contributed by atoms with Gasteiger partial charge in [0.15, 0.2) is 6.29 Å². The van der Waals surface area contributed by atoms with E-state index < -0.39 is 6.29 Å². The van der Waals surface area contributed by atoms with Crippen molar-refractivity contribution < 1.29 is 19.7 Å². The summed E-state index contributed by atoms with van der Waals surface area (Å²) in [6, 6.07) is 23.7. The third-order valence-corrected chi connectivity index (χ3v) is 7.56. The van der Waals surface area contributed by atoms with Crippen LogP contribution in [0.1, 0.15) is 34.6 Å². The van der Waals surface area contributed by atoms with Crippen LogP contribution in [0.4, 0.5) is 0 Å². The van der Waals surface area contributed by atoms with Crippen molar-refractivity contribution in [3.63, 3.8) is 0 Å². The highest BCUT2D eigenvalue weighted by molar-refractivity contribution is 7.22. The highest BCUT2D eigenvalue weighted by atomic mass is 32.1. The van der Waals surface area contributed by atoms with Crippen LogP contribution in [0.15, 0.2) is 72.8 Å². The summed E-state index contributed by atoms with van der Waals surface area (Å²) in [5.74, 6) is 0.534. The maximum absolute atomic E-state index is 10.4. The van der Waals surface area contributed by atoms with E-state index in [1.54, 1.807) is 24.5 Å². The zero-order valence-corrected chi connectivity index (χ0v) is 20.7. The van der Waals surface area contributed by atoms with Crippen LogP contribution >= 0.6 is 11.3 Å². The van der Waals surface area contributed by atoms with Gasteiger partial charge in [-0.15, -0.1) is 11.3 Å². The van der Waals surface area contributed by atoms with E-state index in [4.69, 9.17) is 14.5 Å². The molecule has 3 aromatic carbocycles. The molecule has 0 spiro atoms. The molecule has 0 aliphatic rings. The van der Waals surface area contributed by atoms with Gasteiger partial charge in [-0.25, -0.2) is 4.98 Å². The van der Waals surface area contributed by atoms with Crippen molar-refractivity contribution in [1.29, 1.82) is 0 Å². The molecule has 0 saturated carbocycles. The Morgan fingerprint density at radius 3 is 2.40 bits per heavy atom. The van der Waals surface area contributed by atoms with Crippen molar-refractivity contribution in [1.82, 2.24) is 4.98 Å². The van der Waals surface area contributed by atoms with Gasteiger partial charge in [0.25, 0.3) is 0 Å². The molecule has 1 atom stereocenters. The van der Waals surface area contributed by atoms with E-state index >= 15 is 0 Å². The lowest BCUT2D eigenvalue weighted by Crippen LogP contribution is -2.14. The molecule has 0 radical (unpaired) electrons. The van der Waals surface area contributed by atoms with Gasteiger partial charge in [0.1, 0.15) is 11.9 Å². The fourth-order valence-corrected chi connectivity index (χ4v) is 5.65. The number of aliphatic hydroxyl groups excluding tert-OH is 1. The fourth-order valence-electron chi connectivity index (χ4n) is 4.48. The average molecular weight is 486 g/mol. The molecule has 5 aromatic rings. The maximum Gasteiger partial charge on any atom is 0.179 e. The summed E-state index contributed by atoms with van der Waals surface area (Å²) in [5.41, 5.74) is 4.80. The van der Waals surface area contributed by atoms with Gasteiger partial charge in [-0.3, -0.25) is 0 Å². The number of aromatic nitrogens is 1. The van der Waals surface area contributed by atoms with Gasteiger partial charge in [-0.2, -0.15) is 0 Å². The molecule has 6 heteroatoms. The Kier molecular flexibility index (Phi) is 6.54. The third kappa shape index (κ3) is 4.42. The Hall–Kier alpha value is -3.29. The van der Waals surface area contributed by atoms with Crippen LogP contribution < -0.4 is 4.74 Å². The monoisotopic (exact) mass is 485 g/mol. The predicted molar refractivity (Wildman–Crippen MR) is 141 cm³/mol. The number of methoxy groups -OCH3 is 1. The van der Waals surface area contributed by atoms with Crippen LogP contribution in [0.2, 0.25) is 0 Å². The number of hydrogen-bond acceptors (Lipinski definition) is 6. The van der Waals surface area contributed by atoms with E-state index in [-0.39, 0.29) is 6.10 Å². The minimum Gasteiger partial charge on any atom is -0.483 e. The molecular formula is C29H27NO4S. The Bertz CT molecular complexity index is 1490. The standard InChI is InChI=1S/C29H27NO4S/c1-17-13-14-23(34-24(16-33-3)19-9-5-4-6-10-19)26-21(29(31)32)15-22(30-27(17)26)28-18(2)20-11-7-8-12-25(20)35-28/h4-15,24,29,31-32H,16H2,1-3H3/t24-/m1/s1. The molecule has 0 bridgehead atoms. The summed E-state index contributed by atoms with van der Waals surface area (Å²) in [6.45, 7) is 4.40. The first-order valence-electron chi connectivity index (χ1n) is 11.5. The van der Waals surface area contributed by atoms with Gasteiger partial charge >= 0.3 is 0 Å². The molecule has 0 aliphatic carbocycles. The predicted octanol–water partition coefficient (Wildman–Crippen LogP) is 6.48. The van der Waals surface area contributed by atoms with Gasteiger partial charge in [-0.05, 0) is 54.1 Å². The van der Waals surface area contributed by atoms with E-state index in [0.717, 1.165) is 27.3 Å². The highest BCUT2D eigenvalue weighted by Gasteiger charge is 2.22. The molecule has 0 amide bonds. The maximum atomic E-state index is 10.4. The molecule has 35 heavy (non-hydrogen) atoms. The largest absolute Gasteiger partial charge is 0.483 e. The number of aliphatic hydroxyl groups is 2. The quantitative estimate of drug-likeness (QED) is 0.258. The molecule has 2 aromatic heterocycles. The van der Waals surface area contributed by atoms with Gasteiger partial charge in [0.05, 0.1) is 28.1 Å². The number of aryl methyl sites for hydroxylation is 2. The lowest BCUT2D eigenvalue weighted by molar-refractivity contribution is -0.0414. The molecule has 0 fully saturated rings. The fraction of sp³-hybridized carbons (Fsp3) is 0.207. The zero-order valence-electron chi connectivity index (χ0n) is 19.9. The summed E-state index contributed by atoms with van der Waals surface area (Å²) >= 11 is 1.66. The van der Waals surface area contributed by atoms with E-state index in [0.29, 0.717) is 28.8 Å². The highest BCUT2D eigenvalue weighted by Crippen LogP contribution is 2.41. The van der Waals surface area contributed by atoms with E-state index in [1.165, 1.54) is 10.1 Å². The Balaban J connectivity index is 1.69. The Morgan fingerprint density at radius 1 is 0.943 bits per heavy atom. The molecule has 178 valence electrons.